The Labute approximate surface area is 445 Å². The molecule has 3 fully saturated rings. The van der Waals surface area contributed by atoms with Crippen molar-refractivity contribution in [2.45, 2.75) is 185 Å². The van der Waals surface area contributed by atoms with Crippen LogP contribution in [0.2, 0.25) is 0 Å². The fraction of sp³-hybridized carbons (Fsp3) is 0.507. The van der Waals surface area contributed by atoms with E-state index in [4.69, 9.17) is 4.74 Å². The first-order chi connectivity index (χ1) is 36.5. The van der Waals surface area contributed by atoms with Gasteiger partial charge in [-0.15, -0.1) is 0 Å². The third-order valence-corrected chi connectivity index (χ3v) is 16.7. The van der Waals surface area contributed by atoms with Gasteiger partial charge in [-0.05, 0) is 196 Å². The van der Waals surface area contributed by atoms with E-state index >= 15 is 0 Å². The van der Waals surface area contributed by atoms with Crippen molar-refractivity contribution in [3.05, 3.63) is 151 Å². The number of benzene rings is 5. The number of hydrogen-bond donors (Lipinski definition) is 0. The average molecular weight is 994 g/mol. The van der Waals surface area contributed by atoms with Gasteiger partial charge in [-0.2, -0.15) is 20.5 Å². The van der Waals surface area contributed by atoms with E-state index in [1.54, 1.807) is 11.1 Å². The molecule has 3 aliphatic rings. The summed E-state index contributed by atoms with van der Waals surface area (Å²) in [6, 6.07) is 43.9. The molecule has 5 aromatic carbocycles. The Morgan fingerprint density at radius 1 is 0.459 bits per heavy atom. The minimum Gasteiger partial charge on any atom is -0.463 e. The number of azo groups is 2. The van der Waals surface area contributed by atoms with Crippen LogP contribution in [0.1, 0.15) is 195 Å². The third kappa shape index (κ3) is 18.3. The molecule has 1 heterocycles. The van der Waals surface area contributed by atoms with Gasteiger partial charge < -0.3 is 9.64 Å². The molecule has 0 radical (unpaired) electrons. The Hall–Kier alpha value is -5.69. The molecule has 7 nitrogen and oxygen atoms in total. The molecule has 0 spiro atoms. The van der Waals surface area contributed by atoms with E-state index in [9.17, 15) is 4.79 Å². The molecule has 392 valence electrons. The van der Waals surface area contributed by atoms with Gasteiger partial charge in [0.1, 0.15) is 0 Å². The second-order valence-corrected chi connectivity index (χ2v) is 22.1. The van der Waals surface area contributed by atoms with Crippen molar-refractivity contribution < 1.29 is 9.53 Å². The molecule has 0 N–H and O–H groups in total. The van der Waals surface area contributed by atoms with E-state index in [-0.39, 0.29) is 5.97 Å². The molecule has 5 aromatic rings. The van der Waals surface area contributed by atoms with Crippen molar-refractivity contribution in [1.82, 2.24) is 0 Å². The Bertz CT molecular complexity index is 2420. The second-order valence-electron chi connectivity index (χ2n) is 22.1. The van der Waals surface area contributed by atoms with Crippen LogP contribution >= 0.6 is 0 Å². The average Bonchev–Trinajstić information content (AvgIpc) is 4.01. The highest BCUT2D eigenvalue weighted by molar-refractivity contribution is 5.81. The molecule has 0 unspecified atom stereocenters. The lowest BCUT2D eigenvalue weighted by Crippen LogP contribution is -2.17. The SMILES string of the molecule is C=CC(=O)OCCCCCCCCCCC1CCC(c2ccc(-c3ccc(C4CCC(CCCCCCCCc5ccc(N=Nc6ccc(N=Nc7ccc(N8CCCC8)cc7)cc6)cc5)CC4)cc3)cc2)CC1. The number of ether oxygens (including phenoxy) is 1. The predicted octanol–water partition coefficient (Wildman–Crippen LogP) is 20.5. The lowest BCUT2D eigenvalue weighted by atomic mass is 9.76. The maximum Gasteiger partial charge on any atom is 0.330 e. The van der Waals surface area contributed by atoms with Crippen LogP contribution in [0.15, 0.2) is 154 Å². The van der Waals surface area contributed by atoms with Gasteiger partial charge in [-0.1, -0.05) is 157 Å². The Morgan fingerprint density at radius 3 is 1.27 bits per heavy atom. The minimum absolute atomic E-state index is 0.306. The highest BCUT2D eigenvalue weighted by atomic mass is 16.5. The summed E-state index contributed by atoms with van der Waals surface area (Å²) in [6.07, 6.45) is 36.9. The molecule has 8 rings (SSSR count). The first-order valence-electron chi connectivity index (χ1n) is 29.4. The zero-order chi connectivity index (χ0) is 50.8. The van der Waals surface area contributed by atoms with Gasteiger partial charge in [-0.25, -0.2) is 4.79 Å². The fourth-order valence-corrected chi connectivity index (χ4v) is 12.0. The standard InChI is InChI=1S/C67H87N5O2/c1-2-67(73)74-52-18-12-8-4-3-5-9-13-19-53-22-28-56(29-23-53)58-32-36-60(37-33-58)61-38-34-59(35-39-61)57-30-24-54(25-31-57)20-14-10-6-7-11-15-21-55-26-40-62(41-27-55)68-69-63-42-44-64(45-43-63)70-71-65-46-48-66(49-47-65)72-50-16-17-51-72/h2,26-27,32-49,53-54,56-57H,1,3-25,28-31,50-52H2. The van der Waals surface area contributed by atoms with E-state index in [0.29, 0.717) is 6.61 Å². The van der Waals surface area contributed by atoms with Crippen LogP contribution in [0.3, 0.4) is 0 Å². The quantitative estimate of drug-likeness (QED) is 0.0207. The molecule has 0 bridgehead atoms. The first kappa shape index (κ1) is 54.6. The number of carbonyl (C=O) groups is 1. The summed E-state index contributed by atoms with van der Waals surface area (Å²) in [5.74, 6) is 3.00. The van der Waals surface area contributed by atoms with Gasteiger partial charge in [0.15, 0.2) is 0 Å². The van der Waals surface area contributed by atoms with E-state index in [2.05, 4.69) is 117 Å². The Balaban J connectivity index is 0.621. The van der Waals surface area contributed by atoms with Crippen LogP contribution in [0.5, 0.6) is 0 Å². The van der Waals surface area contributed by atoms with Crippen molar-refractivity contribution >= 4 is 34.4 Å². The smallest absolute Gasteiger partial charge is 0.330 e. The highest BCUT2D eigenvalue weighted by Crippen LogP contribution is 2.40. The van der Waals surface area contributed by atoms with E-state index in [1.807, 2.05) is 36.4 Å². The largest absolute Gasteiger partial charge is 0.463 e. The molecule has 7 heteroatoms. The summed E-state index contributed by atoms with van der Waals surface area (Å²) < 4.78 is 5.06. The summed E-state index contributed by atoms with van der Waals surface area (Å²) in [7, 11) is 0. The van der Waals surface area contributed by atoms with Crippen LogP contribution in [-0.2, 0) is 16.0 Å². The van der Waals surface area contributed by atoms with Crippen molar-refractivity contribution in [2.75, 3.05) is 24.6 Å². The van der Waals surface area contributed by atoms with Gasteiger partial charge in [0, 0.05) is 24.9 Å². The maximum absolute atomic E-state index is 11.1. The van der Waals surface area contributed by atoms with Crippen LogP contribution in [0.4, 0.5) is 28.4 Å². The van der Waals surface area contributed by atoms with Crippen molar-refractivity contribution in [3.63, 3.8) is 0 Å². The third-order valence-electron chi connectivity index (χ3n) is 16.7. The van der Waals surface area contributed by atoms with E-state index in [1.165, 1.54) is 183 Å². The van der Waals surface area contributed by atoms with Gasteiger partial charge in [-0.3, -0.25) is 0 Å². The molecule has 2 aliphatic carbocycles. The highest BCUT2D eigenvalue weighted by Gasteiger charge is 2.24. The molecule has 1 aliphatic heterocycles. The number of esters is 1. The van der Waals surface area contributed by atoms with Crippen LogP contribution in [0.25, 0.3) is 11.1 Å². The molecule has 74 heavy (non-hydrogen) atoms. The molecule has 0 amide bonds. The van der Waals surface area contributed by atoms with Crippen LogP contribution in [-0.4, -0.2) is 25.7 Å². The normalized spacial score (nSPS) is 19.1. The second kappa shape index (κ2) is 30.6. The van der Waals surface area contributed by atoms with Crippen molar-refractivity contribution in [3.8, 4) is 11.1 Å². The summed E-state index contributed by atoms with van der Waals surface area (Å²) in [6.45, 7) is 6.25. The van der Waals surface area contributed by atoms with Gasteiger partial charge in [0.2, 0.25) is 0 Å². The first-order valence-corrected chi connectivity index (χ1v) is 29.4. The molecule has 2 saturated carbocycles. The zero-order valence-corrected chi connectivity index (χ0v) is 44.9. The Kier molecular flexibility index (Phi) is 22.6. The summed E-state index contributed by atoms with van der Waals surface area (Å²) >= 11 is 0. The minimum atomic E-state index is -0.306. The predicted molar refractivity (Wildman–Crippen MR) is 309 cm³/mol. The number of rotatable bonds is 29. The molecule has 0 atom stereocenters. The summed E-state index contributed by atoms with van der Waals surface area (Å²) in [5, 5.41) is 17.8. The topological polar surface area (TPSA) is 79.0 Å². The van der Waals surface area contributed by atoms with Crippen molar-refractivity contribution in [1.29, 1.82) is 0 Å². The number of carbonyl (C=O) groups excluding carboxylic acids is 1. The molecule has 0 aromatic heterocycles. The van der Waals surface area contributed by atoms with Gasteiger partial charge in [0.05, 0.1) is 29.4 Å². The molecular weight excluding hydrogens is 907 g/mol. The fourth-order valence-electron chi connectivity index (χ4n) is 12.0. The summed E-state index contributed by atoms with van der Waals surface area (Å²) in [5.41, 5.74) is 11.8. The van der Waals surface area contributed by atoms with Gasteiger partial charge in [0.25, 0.3) is 0 Å². The lowest BCUT2D eigenvalue weighted by Gasteiger charge is -2.29. The lowest BCUT2D eigenvalue weighted by molar-refractivity contribution is -0.137. The van der Waals surface area contributed by atoms with E-state index in [0.717, 1.165) is 78.8 Å². The molecular formula is C67H87N5O2. The summed E-state index contributed by atoms with van der Waals surface area (Å²) in [4.78, 5) is 13.5. The number of anilines is 1. The number of aryl methyl sites for hydroxylation is 1. The number of unbranched alkanes of at least 4 members (excludes halogenated alkanes) is 12. The monoisotopic (exact) mass is 994 g/mol. The number of nitrogens with zero attached hydrogens (tertiary/aromatic N) is 5. The number of hydrogen-bond acceptors (Lipinski definition) is 7. The van der Waals surface area contributed by atoms with Crippen molar-refractivity contribution in [2.24, 2.45) is 32.3 Å². The van der Waals surface area contributed by atoms with E-state index < -0.39 is 0 Å². The van der Waals surface area contributed by atoms with Crippen LogP contribution < -0.4 is 4.90 Å². The Morgan fingerprint density at radius 2 is 0.838 bits per heavy atom. The molecule has 1 saturated heterocycles. The maximum atomic E-state index is 11.1. The van der Waals surface area contributed by atoms with Gasteiger partial charge >= 0.3 is 5.97 Å². The zero-order valence-electron chi connectivity index (χ0n) is 44.9. The van der Waals surface area contributed by atoms with Crippen LogP contribution in [0, 0.1) is 11.8 Å².